The minimum atomic E-state index is -0.570. The number of hydrogen-bond donors (Lipinski definition) is 1. The molecule has 0 aromatic heterocycles. The normalized spacial score (nSPS) is 15.6. The summed E-state index contributed by atoms with van der Waals surface area (Å²) < 4.78 is 11.4. The molecule has 9 heteroatoms. The number of anilines is 1. The van der Waals surface area contributed by atoms with E-state index in [-0.39, 0.29) is 10.7 Å². The summed E-state index contributed by atoms with van der Waals surface area (Å²) in [4.78, 5) is 26.8. The fraction of sp³-hybridized carbons (Fsp3) is 0.105. The lowest BCUT2D eigenvalue weighted by Crippen LogP contribution is -2.54. The van der Waals surface area contributed by atoms with Gasteiger partial charge in [0, 0.05) is 8.59 Å². The Hall–Kier alpha value is -2.17. The molecular weight excluding hydrogens is 515 g/mol. The first-order valence-corrected chi connectivity index (χ1v) is 9.80. The van der Waals surface area contributed by atoms with Crippen LogP contribution < -0.4 is 19.7 Å². The highest BCUT2D eigenvalue weighted by molar-refractivity contribution is 14.1. The molecule has 1 fully saturated rings. The summed E-state index contributed by atoms with van der Waals surface area (Å²) in [7, 11) is 3.05. The molecule has 2 aromatic rings. The molecule has 28 heavy (non-hydrogen) atoms. The average molecular weight is 529 g/mol. The lowest BCUT2D eigenvalue weighted by atomic mass is 10.1. The number of carbonyl (C=O) groups excluding carboxylic acids is 2. The van der Waals surface area contributed by atoms with Gasteiger partial charge >= 0.3 is 0 Å². The minimum Gasteiger partial charge on any atom is -0.493 e. The Balaban J connectivity index is 2.07. The van der Waals surface area contributed by atoms with E-state index in [1.165, 1.54) is 25.2 Å². The molecule has 3 rings (SSSR count). The standard InChI is InChI=1S/C19H14ClIN2O4S/c1-26-15-7-10(14(21)9-16(15)27-2)6-13-17(24)22-19(28)23(18(13)25)12-5-3-4-11(20)8-12/h3-9H,1-2H3,(H,22,24,28)/b13-6+. The number of rotatable bonds is 4. The van der Waals surface area contributed by atoms with Crippen LogP contribution in [0.4, 0.5) is 5.69 Å². The largest absolute Gasteiger partial charge is 0.493 e. The smallest absolute Gasteiger partial charge is 0.270 e. The van der Waals surface area contributed by atoms with Crippen molar-refractivity contribution in [2.75, 3.05) is 19.1 Å². The van der Waals surface area contributed by atoms with Gasteiger partial charge in [0.25, 0.3) is 11.8 Å². The van der Waals surface area contributed by atoms with E-state index >= 15 is 0 Å². The van der Waals surface area contributed by atoms with Crippen molar-refractivity contribution < 1.29 is 19.1 Å². The quantitative estimate of drug-likeness (QED) is 0.283. The maximum atomic E-state index is 13.1. The third kappa shape index (κ3) is 3.98. The third-order valence-corrected chi connectivity index (χ3v) is 5.42. The first kappa shape index (κ1) is 20.6. The Morgan fingerprint density at radius 2 is 1.82 bits per heavy atom. The molecule has 0 radical (unpaired) electrons. The number of amides is 2. The molecule has 1 aliphatic heterocycles. The molecule has 1 aliphatic rings. The molecular formula is C19H14ClIN2O4S. The van der Waals surface area contributed by atoms with Crippen molar-refractivity contribution in [2.24, 2.45) is 0 Å². The monoisotopic (exact) mass is 528 g/mol. The van der Waals surface area contributed by atoms with E-state index in [1.54, 1.807) is 36.4 Å². The summed E-state index contributed by atoms with van der Waals surface area (Å²) in [5.41, 5.74) is 1.05. The first-order chi connectivity index (χ1) is 13.3. The predicted molar refractivity (Wildman–Crippen MR) is 120 cm³/mol. The number of methoxy groups -OCH3 is 2. The van der Waals surface area contributed by atoms with Crippen LogP contribution in [0.25, 0.3) is 6.08 Å². The first-order valence-electron chi connectivity index (χ1n) is 7.94. The highest BCUT2D eigenvalue weighted by atomic mass is 127. The fourth-order valence-electron chi connectivity index (χ4n) is 2.64. The van der Waals surface area contributed by atoms with Crippen LogP contribution in [-0.2, 0) is 9.59 Å². The van der Waals surface area contributed by atoms with E-state index in [0.29, 0.717) is 27.8 Å². The van der Waals surface area contributed by atoms with Gasteiger partial charge in [0.1, 0.15) is 5.57 Å². The second kappa shape index (κ2) is 8.46. The number of carbonyl (C=O) groups is 2. The summed E-state index contributed by atoms with van der Waals surface area (Å²) >= 11 is 13.3. The van der Waals surface area contributed by atoms with E-state index < -0.39 is 11.8 Å². The Morgan fingerprint density at radius 1 is 1.14 bits per heavy atom. The predicted octanol–water partition coefficient (Wildman–Crippen LogP) is 3.79. The van der Waals surface area contributed by atoms with Crippen LogP contribution in [0.2, 0.25) is 5.02 Å². The van der Waals surface area contributed by atoms with Crippen LogP contribution in [0.1, 0.15) is 5.56 Å². The van der Waals surface area contributed by atoms with Gasteiger partial charge < -0.3 is 9.47 Å². The van der Waals surface area contributed by atoms with Gasteiger partial charge in [-0.1, -0.05) is 17.7 Å². The molecule has 0 aliphatic carbocycles. The van der Waals surface area contributed by atoms with Crippen LogP contribution in [-0.4, -0.2) is 31.1 Å². The molecule has 1 heterocycles. The van der Waals surface area contributed by atoms with Crippen molar-refractivity contribution in [3.05, 3.63) is 56.1 Å². The fourth-order valence-corrected chi connectivity index (χ4v) is 3.70. The van der Waals surface area contributed by atoms with Gasteiger partial charge in [-0.3, -0.25) is 19.8 Å². The second-order valence-corrected chi connectivity index (χ2v) is 7.65. The van der Waals surface area contributed by atoms with Crippen molar-refractivity contribution in [2.45, 2.75) is 0 Å². The van der Waals surface area contributed by atoms with Crippen LogP contribution in [0.5, 0.6) is 11.5 Å². The van der Waals surface area contributed by atoms with Gasteiger partial charge in [-0.15, -0.1) is 0 Å². The van der Waals surface area contributed by atoms with Crippen LogP contribution in [0, 0.1) is 3.57 Å². The number of ether oxygens (including phenoxy) is 2. The van der Waals surface area contributed by atoms with Crippen molar-refractivity contribution >= 4 is 75.1 Å². The second-order valence-electron chi connectivity index (χ2n) is 5.67. The van der Waals surface area contributed by atoms with Crippen molar-refractivity contribution in [1.82, 2.24) is 5.32 Å². The Labute approximate surface area is 185 Å². The molecule has 1 N–H and O–H groups in total. The summed E-state index contributed by atoms with van der Waals surface area (Å²) in [5, 5.41) is 2.99. The lowest BCUT2D eigenvalue weighted by Gasteiger charge is -2.29. The van der Waals surface area contributed by atoms with E-state index in [1.807, 2.05) is 0 Å². The van der Waals surface area contributed by atoms with Crippen LogP contribution >= 0.6 is 46.4 Å². The number of benzene rings is 2. The molecule has 0 unspecified atom stereocenters. The third-order valence-electron chi connectivity index (χ3n) is 3.97. The zero-order valence-electron chi connectivity index (χ0n) is 14.8. The summed E-state index contributed by atoms with van der Waals surface area (Å²) in [6.07, 6.45) is 1.50. The van der Waals surface area contributed by atoms with E-state index in [9.17, 15) is 9.59 Å². The molecule has 0 saturated carbocycles. The molecule has 2 amide bonds. The Kier molecular flexibility index (Phi) is 6.21. The van der Waals surface area contributed by atoms with Crippen LogP contribution in [0.3, 0.4) is 0 Å². The number of nitrogens with zero attached hydrogens (tertiary/aromatic N) is 1. The maximum absolute atomic E-state index is 13.1. The minimum absolute atomic E-state index is 0.00331. The molecule has 144 valence electrons. The Bertz CT molecular complexity index is 1020. The van der Waals surface area contributed by atoms with E-state index in [4.69, 9.17) is 33.3 Å². The van der Waals surface area contributed by atoms with Gasteiger partial charge in [-0.25, -0.2) is 0 Å². The SMILES string of the molecule is COc1cc(I)c(/C=C2\C(=O)NC(=S)N(c3cccc(Cl)c3)C2=O)cc1OC. The van der Waals surface area contributed by atoms with Crippen molar-refractivity contribution in [3.8, 4) is 11.5 Å². The highest BCUT2D eigenvalue weighted by Crippen LogP contribution is 2.33. The number of thiocarbonyl (C=S) groups is 1. The van der Waals surface area contributed by atoms with E-state index in [0.717, 1.165) is 3.57 Å². The summed E-state index contributed by atoms with van der Waals surface area (Å²) in [5.74, 6) is -0.0729. The number of halogens is 2. The van der Waals surface area contributed by atoms with Gasteiger partial charge in [-0.2, -0.15) is 0 Å². The molecule has 6 nitrogen and oxygen atoms in total. The van der Waals surface area contributed by atoms with Crippen LogP contribution in [0.15, 0.2) is 42.0 Å². The zero-order valence-corrected chi connectivity index (χ0v) is 18.5. The van der Waals surface area contributed by atoms with Gasteiger partial charge in [0.2, 0.25) is 0 Å². The van der Waals surface area contributed by atoms with Crippen molar-refractivity contribution in [3.63, 3.8) is 0 Å². The number of nitrogens with one attached hydrogen (secondary N) is 1. The molecule has 1 saturated heterocycles. The maximum Gasteiger partial charge on any atom is 0.270 e. The average Bonchev–Trinajstić information content (AvgIpc) is 2.65. The van der Waals surface area contributed by atoms with Gasteiger partial charge in [0.05, 0.1) is 19.9 Å². The molecule has 0 bridgehead atoms. The van der Waals surface area contributed by atoms with Gasteiger partial charge in [-0.05, 0) is 76.8 Å². The zero-order chi connectivity index (χ0) is 20.4. The summed E-state index contributed by atoms with van der Waals surface area (Å²) in [6, 6.07) is 10.1. The summed E-state index contributed by atoms with van der Waals surface area (Å²) in [6.45, 7) is 0. The molecule has 0 atom stereocenters. The Morgan fingerprint density at radius 3 is 2.46 bits per heavy atom. The molecule has 0 spiro atoms. The highest BCUT2D eigenvalue weighted by Gasteiger charge is 2.34. The molecule has 2 aromatic carbocycles. The van der Waals surface area contributed by atoms with Crippen molar-refractivity contribution in [1.29, 1.82) is 0 Å². The number of hydrogen-bond acceptors (Lipinski definition) is 5. The van der Waals surface area contributed by atoms with Gasteiger partial charge in [0.15, 0.2) is 16.6 Å². The lowest BCUT2D eigenvalue weighted by molar-refractivity contribution is -0.122. The topological polar surface area (TPSA) is 67.9 Å². The van der Waals surface area contributed by atoms with E-state index in [2.05, 4.69) is 27.9 Å².